The maximum atomic E-state index is 12.6. The van der Waals surface area contributed by atoms with E-state index in [1.54, 1.807) is 29.2 Å². The maximum Gasteiger partial charge on any atom is 0.338 e. The number of rotatable bonds is 5. The second-order valence-electron chi connectivity index (χ2n) is 5.50. The molecule has 1 atom stereocenters. The summed E-state index contributed by atoms with van der Waals surface area (Å²) in [7, 11) is 1.34. The van der Waals surface area contributed by atoms with Crippen LogP contribution in [0.15, 0.2) is 40.9 Å². The van der Waals surface area contributed by atoms with E-state index in [9.17, 15) is 9.59 Å². The van der Waals surface area contributed by atoms with E-state index < -0.39 is 12.0 Å². The van der Waals surface area contributed by atoms with Crippen molar-refractivity contribution in [2.45, 2.75) is 19.4 Å². The molecule has 2 aromatic rings. The van der Waals surface area contributed by atoms with Crippen LogP contribution in [0.3, 0.4) is 0 Å². The molecular formula is C17H17ClN2O3S2. The number of carbonyl (C=O) groups is 2. The van der Waals surface area contributed by atoms with Gasteiger partial charge >= 0.3 is 12.0 Å². The Bertz CT molecular complexity index is 814. The number of hydrogen-bond acceptors (Lipinski definition) is 5. The van der Waals surface area contributed by atoms with Crippen LogP contribution in [0, 0.1) is 0 Å². The molecule has 8 heteroatoms. The van der Waals surface area contributed by atoms with Crippen LogP contribution in [-0.2, 0) is 16.0 Å². The molecule has 3 rings (SSSR count). The highest BCUT2D eigenvalue weighted by molar-refractivity contribution is 7.16. The average molecular weight is 397 g/mol. The second kappa shape index (κ2) is 7.59. The fraction of sp³-hybridized carbons (Fsp3) is 0.294. The lowest BCUT2D eigenvalue weighted by atomic mass is 10.0. The first-order valence-electron chi connectivity index (χ1n) is 7.66. The van der Waals surface area contributed by atoms with Gasteiger partial charge < -0.3 is 10.1 Å². The number of thiophene rings is 2. The normalized spacial score (nSPS) is 17.6. The van der Waals surface area contributed by atoms with Gasteiger partial charge in [0.15, 0.2) is 0 Å². The lowest BCUT2D eigenvalue weighted by Gasteiger charge is -2.34. The molecule has 0 bridgehead atoms. The molecule has 0 fully saturated rings. The smallest absolute Gasteiger partial charge is 0.338 e. The molecule has 5 nitrogen and oxygen atoms in total. The van der Waals surface area contributed by atoms with Gasteiger partial charge in [-0.15, -0.1) is 22.7 Å². The molecule has 2 amide bonds. The van der Waals surface area contributed by atoms with E-state index in [4.69, 9.17) is 16.3 Å². The van der Waals surface area contributed by atoms with Crippen molar-refractivity contribution in [1.82, 2.24) is 10.2 Å². The Morgan fingerprint density at radius 1 is 1.40 bits per heavy atom. The number of esters is 1. The first kappa shape index (κ1) is 18.0. The molecule has 132 valence electrons. The summed E-state index contributed by atoms with van der Waals surface area (Å²) in [5, 5.41) is 4.91. The molecule has 2 aromatic heterocycles. The van der Waals surface area contributed by atoms with Crippen molar-refractivity contribution in [2.24, 2.45) is 0 Å². The number of urea groups is 1. The van der Waals surface area contributed by atoms with Gasteiger partial charge in [0, 0.05) is 22.0 Å². The van der Waals surface area contributed by atoms with Crippen molar-refractivity contribution in [1.29, 1.82) is 0 Å². The summed E-state index contributed by atoms with van der Waals surface area (Å²) in [5.41, 5.74) is 1.05. The van der Waals surface area contributed by atoms with E-state index in [2.05, 4.69) is 5.32 Å². The molecule has 3 heterocycles. The number of nitrogens with one attached hydrogen (secondary N) is 1. The Labute approximate surface area is 158 Å². The highest BCUT2D eigenvalue weighted by Crippen LogP contribution is 2.36. The minimum Gasteiger partial charge on any atom is -0.466 e. The van der Waals surface area contributed by atoms with Gasteiger partial charge in [0.1, 0.15) is 0 Å². The molecule has 0 aliphatic carbocycles. The summed E-state index contributed by atoms with van der Waals surface area (Å²) in [6, 6.07) is 6.81. The number of allylic oxidation sites excluding steroid dienone is 1. The third kappa shape index (κ3) is 3.73. The third-order valence-electron chi connectivity index (χ3n) is 4.04. The van der Waals surface area contributed by atoms with Gasteiger partial charge in [-0.05, 0) is 36.9 Å². The van der Waals surface area contributed by atoms with Crippen molar-refractivity contribution in [3.63, 3.8) is 0 Å². The van der Waals surface area contributed by atoms with E-state index in [1.807, 2.05) is 23.6 Å². The molecule has 0 saturated carbocycles. The summed E-state index contributed by atoms with van der Waals surface area (Å²) in [4.78, 5) is 28.6. The van der Waals surface area contributed by atoms with Gasteiger partial charge in [-0.1, -0.05) is 17.7 Å². The standard InChI is InChI=1S/C17H17ClN2O3S2/c1-10-14(16(21)23-2)15(12-5-6-13(18)25-12)19-17(22)20(10)8-7-11-4-3-9-24-11/h3-6,9,15H,7-8H2,1-2H3,(H,19,22). The lowest BCUT2D eigenvalue weighted by molar-refractivity contribution is -0.136. The van der Waals surface area contributed by atoms with Crippen molar-refractivity contribution >= 4 is 46.3 Å². The molecule has 1 aliphatic rings. The summed E-state index contributed by atoms with van der Waals surface area (Å²) in [6.45, 7) is 2.28. The molecule has 1 unspecified atom stereocenters. The Balaban J connectivity index is 1.92. The Kier molecular flexibility index (Phi) is 5.46. The maximum absolute atomic E-state index is 12.6. The summed E-state index contributed by atoms with van der Waals surface area (Å²) < 4.78 is 5.55. The molecular weight excluding hydrogens is 380 g/mol. The van der Waals surface area contributed by atoms with Crippen LogP contribution < -0.4 is 5.32 Å². The minimum atomic E-state index is -0.546. The Hall–Kier alpha value is -1.83. The summed E-state index contributed by atoms with van der Waals surface area (Å²) in [6.07, 6.45) is 0.729. The van der Waals surface area contributed by atoms with Crippen molar-refractivity contribution in [3.8, 4) is 0 Å². The first-order chi connectivity index (χ1) is 12.0. The van der Waals surface area contributed by atoms with E-state index in [1.165, 1.54) is 23.3 Å². The van der Waals surface area contributed by atoms with Gasteiger partial charge in [0.25, 0.3) is 0 Å². The molecule has 1 aliphatic heterocycles. The van der Waals surface area contributed by atoms with Crippen LogP contribution in [0.4, 0.5) is 4.79 Å². The van der Waals surface area contributed by atoms with Crippen LogP contribution in [0.2, 0.25) is 4.34 Å². The zero-order valence-electron chi connectivity index (χ0n) is 13.7. The van der Waals surface area contributed by atoms with Crippen molar-refractivity contribution in [2.75, 3.05) is 13.7 Å². The molecule has 0 spiro atoms. The zero-order valence-corrected chi connectivity index (χ0v) is 16.1. The van der Waals surface area contributed by atoms with E-state index in [-0.39, 0.29) is 6.03 Å². The fourth-order valence-corrected chi connectivity index (χ4v) is 4.62. The fourth-order valence-electron chi connectivity index (χ4n) is 2.80. The van der Waals surface area contributed by atoms with Crippen LogP contribution in [0.1, 0.15) is 22.7 Å². The predicted octanol–water partition coefficient (Wildman–Crippen LogP) is 4.22. The van der Waals surface area contributed by atoms with Gasteiger partial charge in [-0.25, -0.2) is 9.59 Å². The molecule has 1 N–H and O–H groups in total. The van der Waals surface area contributed by atoms with E-state index in [0.717, 1.165) is 11.3 Å². The van der Waals surface area contributed by atoms with Gasteiger partial charge in [-0.3, -0.25) is 4.90 Å². The predicted molar refractivity (Wildman–Crippen MR) is 100 cm³/mol. The van der Waals surface area contributed by atoms with Crippen LogP contribution in [0.25, 0.3) is 0 Å². The number of methoxy groups -OCH3 is 1. The molecule has 0 aromatic carbocycles. The highest BCUT2D eigenvalue weighted by Gasteiger charge is 2.36. The molecule has 25 heavy (non-hydrogen) atoms. The minimum absolute atomic E-state index is 0.226. The quantitative estimate of drug-likeness (QED) is 0.770. The van der Waals surface area contributed by atoms with Crippen LogP contribution >= 0.6 is 34.3 Å². The van der Waals surface area contributed by atoms with E-state index >= 15 is 0 Å². The number of hydrogen-bond donors (Lipinski definition) is 1. The van der Waals surface area contributed by atoms with Gasteiger partial charge in [0.2, 0.25) is 0 Å². The summed E-state index contributed by atoms with van der Waals surface area (Å²) in [5.74, 6) is -0.451. The third-order valence-corrected chi connectivity index (χ3v) is 6.27. The number of halogens is 1. The number of carbonyl (C=O) groups excluding carboxylic acids is 2. The Morgan fingerprint density at radius 3 is 2.80 bits per heavy atom. The first-order valence-corrected chi connectivity index (χ1v) is 9.73. The average Bonchev–Trinajstić information content (AvgIpc) is 3.25. The lowest BCUT2D eigenvalue weighted by Crippen LogP contribution is -2.48. The largest absolute Gasteiger partial charge is 0.466 e. The topological polar surface area (TPSA) is 58.6 Å². The zero-order chi connectivity index (χ0) is 18.0. The molecule has 0 saturated heterocycles. The van der Waals surface area contributed by atoms with Crippen molar-refractivity contribution < 1.29 is 14.3 Å². The van der Waals surface area contributed by atoms with Crippen LogP contribution in [-0.4, -0.2) is 30.6 Å². The van der Waals surface area contributed by atoms with E-state index in [0.29, 0.717) is 22.2 Å². The SMILES string of the molecule is COC(=O)C1=C(C)N(CCc2cccs2)C(=O)NC1c1ccc(Cl)s1. The summed E-state index contributed by atoms with van der Waals surface area (Å²) >= 11 is 8.99. The number of ether oxygens (including phenoxy) is 1. The number of amides is 2. The Morgan fingerprint density at radius 2 is 2.20 bits per heavy atom. The van der Waals surface area contributed by atoms with Crippen LogP contribution in [0.5, 0.6) is 0 Å². The van der Waals surface area contributed by atoms with Crippen molar-refractivity contribution in [3.05, 3.63) is 55.0 Å². The monoisotopic (exact) mass is 396 g/mol. The number of nitrogens with zero attached hydrogens (tertiary/aromatic N) is 1. The highest BCUT2D eigenvalue weighted by atomic mass is 35.5. The van der Waals surface area contributed by atoms with Gasteiger partial charge in [-0.2, -0.15) is 0 Å². The molecule has 0 radical (unpaired) electrons. The van der Waals surface area contributed by atoms with Gasteiger partial charge in [0.05, 0.1) is 23.1 Å². The second-order valence-corrected chi connectivity index (χ2v) is 8.27.